The third-order valence-corrected chi connectivity index (χ3v) is 2.48. The lowest BCUT2D eigenvalue weighted by Crippen LogP contribution is -1.95. The molecule has 0 saturated carbocycles. The molecule has 1 aromatic heterocycles. The molecule has 6 heteroatoms. The number of benzene rings is 1. The van der Waals surface area contributed by atoms with E-state index in [0.29, 0.717) is 11.6 Å². The highest BCUT2D eigenvalue weighted by atomic mass is 19.1. The van der Waals surface area contributed by atoms with Gasteiger partial charge >= 0.3 is 0 Å². The van der Waals surface area contributed by atoms with E-state index in [0.717, 1.165) is 0 Å². The van der Waals surface area contributed by atoms with Gasteiger partial charge in [0.1, 0.15) is 11.6 Å². The fraction of sp³-hybridized carbons (Fsp3) is 0.333. The monoisotopic (exact) mass is 251 g/mol. The fourth-order valence-electron chi connectivity index (χ4n) is 1.49. The van der Waals surface area contributed by atoms with Crippen LogP contribution in [-0.2, 0) is 0 Å². The van der Waals surface area contributed by atoms with Crippen molar-refractivity contribution in [3.63, 3.8) is 0 Å². The van der Waals surface area contributed by atoms with Gasteiger partial charge in [0, 0.05) is 12.0 Å². The molecule has 1 heterocycles. The van der Waals surface area contributed by atoms with Crippen LogP contribution in [0.15, 0.2) is 16.5 Å². The van der Waals surface area contributed by atoms with Crippen molar-refractivity contribution in [2.45, 2.75) is 19.8 Å². The third kappa shape index (κ3) is 2.13. The van der Waals surface area contributed by atoms with Gasteiger partial charge in [-0.15, -0.1) is 10.2 Å². The second-order valence-corrected chi connectivity index (χ2v) is 4.17. The van der Waals surface area contributed by atoms with Gasteiger partial charge in [-0.1, -0.05) is 13.8 Å². The molecule has 0 atom stereocenters. The van der Waals surface area contributed by atoms with Crippen molar-refractivity contribution in [3.8, 4) is 17.2 Å². The van der Waals surface area contributed by atoms with Gasteiger partial charge in [-0.2, -0.15) is 0 Å². The quantitative estimate of drug-likeness (QED) is 0.848. The molecule has 5 nitrogen and oxygen atoms in total. The Labute approximate surface area is 104 Å². The summed E-state index contributed by atoms with van der Waals surface area (Å²) in [4.78, 5) is 0. The van der Waals surface area contributed by atoms with Crippen LogP contribution in [0.25, 0.3) is 11.5 Å². The number of nitrogens with two attached hydrogens (primary N) is 1. The first-order valence-corrected chi connectivity index (χ1v) is 5.49. The molecule has 2 rings (SSSR count). The average molecular weight is 251 g/mol. The van der Waals surface area contributed by atoms with E-state index in [9.17, 15) is 4.39 Å². The summed E-state index contributed by atoms with van der Waals surface area (Å²) in [6.45, 7) is 3.83. The van der Waals surface area contributed by atoms with Crippen molar-refractivity contribution < 1.29 is 13.5 Å². The summed E-state index contributed by atoms with van der Waals surface area (Å²) in [6, 6.07) is 2.62. The van der Waals surface area contributed by atoms with E-state index in [1.165, 1.54) is 19.2 Å². The standard InChI is InChI=1S/C12H14FN3O2/c1-6(2)11-15-16-12(18-11)7-4-10(17-3)9(14)5-8(7)13/h4-6H,14H2,1-3H3. The Morgan fingerprint density at radius 3 is 2.61 bits per heavy atom. The molecule has 0 radical (unpaired) electrons. The lowest BCUT2D eigenvalue weighted by atomic mass is 10.1. The molecular formula is C12H14FN3O2. The summed E-state index contributed by atoms with van der Waals surface area (Å²) in [7, 11) is 1.46. The third-order valence-electron chi connectivity index (χ3n) is 2.48. The topological polar surface area (TPSA) is 74.2 Å². The molecule has 0 aliphatic rings. The van der Waals surface area contributed by atoms with Crippen LogP contribution in [0.1, 0.15) is 25.7 Å². The van der Waals surface area contributed by atoms with Gasteiger partial charge in [0.25, 0.3) is 5.89 Å². The Bertz CT molecular complexity index is 566. The van der Waals surface area contributed by atoms with Crippen molar-refractivity contribution in [3.05, 3.63) is 23.8 Å². The first-order chi connectivity index (χ1) is 8.52. The van der Waals surface area contributed by atoms with E-state index in [1.807, 2.05) is 13.8 Å². The molecular weight excluding hydrogens is 237 g/mol. The van der Waals surface area contributed by atoms with Crippen molar-refractivity contribution in [2.75, 3.05) is 12.8 Å². The molecule has 2 N–H and O–H groups in total. The average Bonchev–Trinajstić information content (AvgIpc) is 2.78. The number of anilines is 1. The number of nitrogen functional groups attached to an aromatic ring is 1. The molecule has 18 heavy (non-hydrogen) atoms. The number of aromatic nitrogens is 2. The summed E-state index contributed by atoms with van der Waals surface area (Å²) in [5, 5.41) is 7.68. The molecule has 2 aromatic rings. The molecule has 0 aliphatic heterocycles. The molecule has 0 bridgehead atoms. The molecule has 0 aliphatic carbocycles. The molecule has 0 unspecified atom stereocenters. The number of nitrogens with zero attached hydrogens (tertiary/aromatic N) is 2. The maximum atomic E-state index is 13.8. The number of hydrogen-bond donors (Lipinski definition) is 1. The van der Waals surface area contributed by atoms with E-state index < -0.39 is 5.82 Å². The maximum absolute atomic E-state index is 13.8. The van der Waals surface area contributed by atoms with Crippen molar-refractivity contribution >= 4 is 5.69 Å². The van der Waals surface area contributed by atoms with Gasteiger partial charge in [0.05, 0.1) is 18.4 Å². The molecule has 96 valence electrons. The highest BCUT2D eigenvalue weighted by Crippen LogP contribution is 2.31. The van der Waals surface area contributed by atoms with E-state index in [4.69, 9.17) is 14.9 Å². The predicted molar refractivity (Wildman–Crippen MR) is 64.7 cm³/mol. The van der Waals surface area contributed by atoms with Crippen LogP contribution in [0.4, 0.5) is 10.1 Å². The zero-order valence-electron chi connectivity index (χ0n) is 10.4. The summed E-state index contributed by atoms with van der Waals surface area (Å²) in [5.41, 5.74) is 6.01. The smallest absolute Gasteiger partial charge is 0.250 e. The van der Waals surface area contributed by atoms with Crippen molar-refractivity contribution in [2.24, 2.45) is 0 Å². The largest absolute Gasteiger partial charge is 0.495 e. The van der Waals surface area contributed by atoms with Gasteiger partial charge in [0.15, 0.2) is 0 Å². The van der Waals surface area contributed by atoms with E-state index in [2.05, 4.69) is 10.2 Å². The summed E-state index contributed by atoms with van der Waals surface area (Å²) < 4.78 is 24.2. The lowest BCUT2D eigenvalue weighted by molar-refractivity contribution is 0.415. The second kappa shape index (κ2) is 4.64. The van der Waals surface area contributed by atoms with Gasteiger partial charge < -0.3 is 14.9 Å². The van der Waals surface area contributed by atoms with Crippen LogP contribution in [0, 0.1) is 5.82 Å². The minimum absolute atomic E-state index is 0.0880. The number of ether oxygens (including phenoxy) is 1. The molecule has 0 saturated heterocycles. The second-order valence-electron chi connectivity index (χ2n) is 4.17. The zero-order valence-corrected chi connectivity index (χ0v) is 10.4. The maximum Gasteiger partial charge on any atom is 0.250 e. The number of hydrogen-bond acceptors (Lipinski definition) is 5. The van der Waals surface area contributed by atoms with E-state index >= 15 is 0 Å². The number of rotatable bonds is 3. The Morgan fingerprint density at radius 2 is 2.06 bits per heavy atom. The van der Waals surface area contributed by atoms with Crippen LogP contribution in [0.2, 0.25) is 0 Å². The van der Waals surface area contributed by atoms with Crippen LogP contribution >= 0.6 is 0 Å². The number of halogens is 1. The Kier molecular flexibility index (Phi) is 3.18. The van der Waals surface area contributed by atoms with Gasteiger partial charge in [-0.05, 0) is 6.07 Å². The highest BCUT2D eigenvalue weighted by molar-refractivity contribution is 5.65. The molecule has 0 fully saturated rings. The highest BCUT2D eigenvalue weighted by Gasteiger charge is 2.17. The van der Waals surface area contributed by atoms with Crippen LogP contribution in [0.5, 0.6) is 5.75 Å². The minimum atomic E-state index is -0.521. The van der Waals surface area contributed by atoms with E-state index in [1.54, 1.807) is 0 Å². The van der Waals surface area contributed by atoms with Gasteiger partial charge in [-0.25, -0.2) is 4.39 Å². The fourth-order valence-corrected chi connectivity index (χ4v) is 1.49. The van der Waals surface area contributed by atoms with Crippen molar-refractivity contribution in [1.82, 2.24) is 10.2 Å². The lowest BCUT2D eigenvalue weighted by Gasteiger charge is -2.06. The first kappa shape index (κ1) is 12.3. The van der Waals surface area contributed by atoms with Gasteiger partial charge in [0.2, 0.25) is 5.89 Å². The van der Waals surface area contributed by atoms with Crippen LogP contribution in [-0.4, -0.2) is 17.3 Å². The Morgan fingerprint density at radius 1 is 1.33 bits per heavy atom. The zero-order chi connectivity index (χ0) is 13.3. The molecule has 0 spiro atoms. The van der Waals surface area contributed by atoms with Crippen molar-refractivity contribution in [1.29, 1.82) is 0 Å². The summed E-state index contributed by atoms with van der Waals surface area (Å²) in [5.74, 6) is 0.516. The Balaban J connectivity index is 2.49. The molecule has 0 amide bonds. The van der Waals surface area contributed by atoms with E-state index in [-0.39, 0.29) is 23.1 Å². The van der Waals surface area contributed by atoms with Gasteiger partial charge in [-0.3, -0.25) is 0 Å². The van der Waals surface area contributed by atoms with Crippen LogP contribution < -0.4 is 10.5 Å². The molecule has 1 aromatic carbocycles. The predicted octanol–water partition coefficient (Wildman–Crippen LogP) is 2.59. The number of methoxy groups -OCH3 is 1. The van der Waals surface area contributed by atoms with Crippen LogP contribution in [0.3, 0.4) is 0 Å². The Hall–Kier alpha value is -2.11. The SMILES string of the molecule is COc1cc(-c2nnc(C(C)C)o2)c(F)cc1N. The first-order valence-electron chi connectivity index (χ1n) is 5.49. The normalized spacial score (nSPS) is 10.9. The minimum Gasteiger partial charge on any atom is -0.495 e. The summed E-state index contributed by atoms with van der Waals surface area (Å²) >= 11 is 0. The summed E-state index contributed by atoms with van der Waals surface area (Å²) in [6.07, 6.45) is 0.